The van der Waals surface area contributed by atoms with Crippen molar-refractivity contribution in [3.8, 4) is 67.5 Å². The Hall–Kier alpha value is -7.63. The van der Waals surface area contributed by atoms with Crippen LogP contribution < -0.4 is 0 Å². The number of hydrogen-bond acceptors (Lipinski definition) is 5. The first-order valence-electron chi connectivity index (χ1n) is 21.2. The smallest absolute Gasteiger partial charge is 0.164 e. The molecule has 8 aromatic carbocycles. The summed E-state index contributed by atoms with van der Waals surface area (Å²) in [6.07, 6.45) is 0. The van der Waals surface area contributed by atoms with Crippen LogP contribution in [-0.2, 0) is 0 Å². The molecule has 0 unspecified atom stereocenters. The van der Waals surface area contributed by atoms with E-state index < -0.39 is 0 Å². The van der Waals surface area contributed by atoms with Crippen LogP contribution in [0.4, 0.5) is 0 Å². The van der Waals surface area contributed by atoms with Crippen LogP contribution >= 0.6 is 0 Å². The van der Waals surface area contributed by atoms with Crippen LogP contribution in [0.3, 0.4) is 0 Å². The highest BCUT2D eigenvalue weighted by Gasteiger charge is 2.19. The maximum Gasteiger partial charge on any atom is 0.164 e. The topological polar surface area (TPSA) is 65.0 Å². The van der Waals surface area contributed by atoms with Gasteiger partial charge in [0.1, 0.15) is 22.3 Å². The van der Waals surface area contributed by atoms with Crippen LogP contribution in [0.25, 0.3) is 111 Å². The van der Waals surface area contributed by atoms with Gasteiger partial charge in [0.2, 0.25) is 0 Å². The lowest BCUT2D eigenvalue weighted by molar-refractivity contribution is 0.668. The molecule has 3 aromatic heterocycles. The fraction of sp³-hybridized carbons (Fsp3) is 0. The van der Waals surface area contributed by atoms with Crippen molar-refractivity contribution in [2.75, 3.05) is 0 Å². The summed E-state index contributed by atoms with van der Waals surface area (Å²) in [4.78, 5) is 15.0. The van der Waals surface area contributed by atoms with Crippen LogP contribution in [0.1, 0.15) is 8.22 Å². The molecular formula is C51H31N3O2. The van der Waals surface area contributed by atoms with Crippen LogP contribution in [0.15, 0.2) is 197 Å². The van der Waals surface area contributed by atoms with Gasteiger partial charge in [0.05, 0.1) is 8.22 Å². The van der Waals surface area contributed by atoms with Gasteiger partial charge >= 0.3 is 0 Å². The van der Waals surface area contributed by atoms with Gasteiger partial charge in [0, 0.05) is 38.2 Å². The number of benzene rings is 8. The second-order valence-corrected chi connectivity index (χ2v) is 13.4. The number of nitrogens with zero attached hydrogens (tertiary/aromatic N) is 3. The summed E-state index contributed by atoms with van der Waals surface area (Å²) in [6.45, 7) is 0. The van der Waals surface area contributed by atoms with Crippen molar-refractivity contribution in [2.45, 2.75) is 0 Å². The van der Waals surface area contributed by atoms with Gasteiger partial charge in [-0.25, -0.2) is 15.0 Å². The first kappa shape index (κ1) is 26.2. The van der Waals surface area contributed by atoms with E-state index in [0.29, 0.717) is 39.5 Å². The fourth-order valence-corrected chi connectivity index (χ4v) is 7.35. The Morgan fingerprint density at radius 2 is 0.875 bits per heavy atom. The molecule has 3 heterocycles. The molecular weight excluding hydrogens is 687 g/mol. The Morgan fingerprint density at radius 3 is 1.57 bits per heavy atom. The molecule has 0 amide bonds. The lowest BCUT2D eigenvalue weighted by Crippen LogP contribution is -2.02. The van der Waals surface area contributed by atoms with Crippen LogP contribution in [0.5, 0.6) is 0 Å². The number of furan rings is 2. The van der Waals surface area contributed by atoms with Crippen molar-refractivity contribution in [1.29, 1.82) is 0 Å². The predicted molar refractivity (Wildman–Crippen MR) is 227 cm³/mol. The average Bonchev–Trinajstić information content (AvgIpc) is 3.91. The van der Waals surface area contributed by atoms with E-state index in [1.54, 1.807) is 12.1 Å². The Kier molecular flexibility index (Phi) is 6.10. The summed E-state index contributed by atoms with van der Waals surface area (Å²) in [6, 6.07) is 46.6. The molecule has 0 radical (unpaired) electrons. The molecule has 56 heavy (non-hydrogen) atoms. The highest BCUT2D eigenvalue weighted by molar-refractivity contribution is 6.09. The Morgan fingerprint density at radius 1 is 0.321 bits per heavy atom. The van der Waals surface area contributed by atoms with E-state index in [4.69, 9.17) is 26.5 Å². The molecule has 11 aromatic rings. The number of hydrogen-bond donors (Lipinski definition) is 0. The highest BCUT2D eigenvalue weighted by Crippen LogP contribution is 2.39. The monoisotopic (exact) mass is 723 g/mol. The summed E-state index contributed by atoms with van der Waals surface area (Å²) < 4.78 is 68.6. The van der Waals surface area contributed by atoms with Gasteiger partial charge in [-0.05, 0) is 75.7 Å². The molecule has 0 saturated carbocycles. The van der Waals surface area contributed by atoms with Crippen molar-refractivity contribution in [3.63, 3.8) is 0 Å². The van der Waals surface area contributed by atoms with Crippen LogP contribution in [-0.4, -0.2) is 15.0 Å². The molecule has 5 nitrogen and oxygen atoms in total. The third kappa shape index (κ3) is 5.45. The molecule has 0 spiro atoms. The van der Waals surface area contributed by atoms with Gasteiger partial charge in [-0.2, -0.15) is 0 Å². The second-order valence-electron chi connectivity index (χ2n) is 13.4. The quantitative estimate of drug-likeness (QED) is 0.171. The van der Waals surface area contributed by atoms with Gasteiger partial charge in [-0.1, -0.05) is 146 Å². The van der Waals surface area contributed by atoms with Crippen LogP contribution in [0.2, 0.25) is 0 Å². The van der Waals surface area contributed by atoms with Crippen molar-refractivity contribution in [1.82, 2.24) is 15.0 Å². The average molecular weight is 724 g/mol. The summed E-state index contributed by atoms with van der Waals surface area (Å²) in [7, 11) is 0. The standard InChI is InChI=1S/C51H31N3O2/c1-3-13-32(14-4-1)37-17-7-9-20-41(37)50-52-49(53-51(54-50)42-21-10-8-18-38(42)33-15-5-2-6-16-33)36-23-26-40-44-30-35(25-28-47(44)56-48(40)31-36)34-24-27-46-43(29-34)39-19-11-12-22-45(39)55-46/h1-31H/i23D,25D,26D,28D,30D,31D. The number of aromatic nitrogens is 3. The lowest BCUT2D eigenvalue weighted by Gasteiger charge is -2.14. The predicted octanol–water partition coefficient (Wildman–Crippen LogP) is 13.7. The third-order valence-corrected chi connectivity index (χ3v) is 10.0. The van der Waals surface area contributed by atoms with Crippen molar-refractivity contribution >= 4 is 43.9 Å². The Labute approximate surface area is 330 Å². The van der Waals surface area contributed by atoms with E-state index in [1.165, 1.54) is 0 Å². The zero-order valence-electron chi connectivity index (χ0n) is 35.6. The lowest BCUT2D eigenvalue weighted by atomic mass is 9.98. The molecule has 0 saturated heterocycles. The maximum atomic E-state index is 9.64. The molecule has 11 rings (SSSR count). The summed E-state index contributed by atoms with van der Waals surface area (Å²) in [5.41, 5.74) is 6.76. The first-order valence-corrected chi connectivity index (χ1v) is 18.2. The molecule has 262 valence electrons. The van der Waals surface area contributed by atoms with E-state index in [-0.39, 0.29) is 75.1 Å². The zero-order chi connectivity index (χ0) is 42.2. The van der Waals surface area contributed by atoms with Gasteiger partial charge in [0.25, 0.3) is 0 Å². The Balaban J connectivity index is 1.16. The zero-order valence-corrected chi connectivity index (χ0v) is 29.6. The van der Waals surface area contributed by atoms with Gasteiger partial charge in [0.15, 0.2) is 17.5 Å². The van der Waals surface area contributed by atoms with Gasteiger partial charge in [-0.3, -0.25) is 0 Å². The minimum Gasteiger partial charge on any atom is -0.456 e. The minimum absolute atomic E-state index is 0.0127. The molecule has 0 N–H and O–H groups in total. The largest absolute Gasteiger partial charge is 0.456 e. The second kappa shape index (κ2) is 13.0. The maximum absolute atomic E-state index is 9.64. The minimum atomic E-state index is -0.352. The van der Waals surface area contributed by atoms with E-state index >= 15 is 0 Å². The van der Waals surface area contributed by atoms with Crippen molar-refractivity contribution in [3.05, 3.63) is 188 Å². The molecule has 0 aliphatic rings. The summed E-state index contributed by atoms with van der Waals surface area (Å²) in [5.74, 6) is 0.589. The highest BCUT2D eigenvalue weighted by atomic mass is 16.3. The SMILES string of the molecule is [2H]c1c(-c2ccc3oc4ccccc4c3c2)c([2H])c2c(oc3c([2H])c(-c4nc(-c5ccccc5-c5ccccc5)nc(-c5ccccc5-c5ccccc5)n4)c([2H])c([2H])c32)c1[2H]. The van der Waals surface area contributed by atoms with Gasteiger partial charge in [-0.15, -0.1) is 0 Å². The fourth-order valence-electron chi connectivity index (χ4n) is 7.35. The Bertz CT molecular complexity index is 3510. The third-order valence-electron chi connectivity index (χ3n) is 10.0. The van der Waals surface area contributed by atoms with Crippen LogP contribution in [0, 0.1) is 0 Å². The number of rotatable bonds is 6. The van der Waals surface area contributed by atoms with E-state index in [2.05, 4.69) is 0 Å². The van der Waals surface area contributed by atoms with E-state index in [1.807, 2.05) is 140 Å². The summed E-state index contributed by atoms with van der Waals surface area (Å²) in [5, 5.41) is 1.78. The summed E-state index contributed by atoms with van der Waals surface area (Å²) >= 11 is 0. The molecule has 5 heteroatoms. The van der Waals surface area contributed by atoms with Gasteiger partial charge < -0.3 is 8.83 Å². The molecule has 0 fully saturated rings. The van der Waals surface area contributed by atoms with E-state index in [9.17, 15) is 5.48 Å². The number of fused-ring (bicyclic) bond motifs is 6. The van der Waals surface area contributed by atoms with Crippen molar-refractivity contribution < 1.29 is 17.1 Å². The van der Waals surface area contributed by atoms with Crippen molar-refractivity contribution in [2.24, 2.45) is 0 Å². The molecule has 0 aliphatic heterocycles. The number of para-hydroxylation sites is 1. The molecule has 0 atom stereocenters. The molecule has 0 aliphatic carbocycles. The normalized spacial score (nSPS) is 13.1. The van der Waals surface area contributed by atoms with E-state index in [0.717, 1.165) is 33.0 Å². The molecule has 0 bridgehead atoms. The first-order chi connectivity index (χ1) is 30.3.